The van der Waals surface area contributed by atoms with Crippen LogP contribution in [0.5, 0.6) is 5.75 Å². The average Bonchev–Trinajstić information content (AvgIpc) is 2.18. The van der Waals surface area contributed by atoms with E-state index in [-0.39, 0.29) is 12.1 Å². The molecule has 0 aliphatic heterocycles. The van der Waals surface area contributed by atoms with Gasteiger partial charge in [-0.25, -0.2) is 0 Å². The summed E-state index contributed by atoms with van der Waals surface area (Å²) in [6.07, 6.45) is -0.376. The van der Waals surface area contributed by atoms with Gasteiger partial charge in [0.2, 0.25) is 0 Å². The molecule has 3 nitrogen and oxygen atoms in total. The van der Waals surface area contributed by atoms with E-state index in [4.69, 9.17) is 5.11 Å². The molecule has 0 spiro atoms. The molecule has 15 heavy (non-hydrogen) atoms. The number of aromatic hydroxyl groups is 1. The Labute approximate surface area is 90.8 Å². The van der Waals surface area contributed by atoms with Crippen molar-refractivity contribution in [1.29, 1.82) is 0 Å². The van der Waals surface area contributed by atoms with Crippen LogP contribution in [0, 0.1) is 6.92 Å². The number of hydrogen-bond donors (Lipinski definition) is 3. The zero-order chi connectivity index (χ0) is 11.4. The minimum absolute atomic E-state index is 0.0412. The number of phenols is 1. The van der Waals surface area contributed by atoms with E-state index in [9.17, 15) is 5.11 Å². The topological polar surface area (TPSA) is 52.5 Å². The number of aliphatic hydroxyl groups is 1. The maximum Gasteiger partial charge on any atom is 0.120 e. The van der Waals surface area contributed by atoms with Crippen molar-refractivity contribution in [3.05, 3.63) is 29.3 Å². The Kier molecular flexibility index (Phi) is 4.12. The fourth-order valence-electron chi connectivity index (χ4n) is 1.48. The van der Waals surface area contributed by atoms with Gasteiger partial charge in [0.15, 0.2) is 0 Å². The molecule has 84 valence electrons. The summed E-state index contributed by atoms with van der Waals surface area (Å²) < 4.78 is 0. The highest BCUT2D eigenvalue weighted by Gasteiger charge is 2.10. The number of aryl methyl sites for hydroxylation is 1. The third-order valence-electron chi connectivity index (χ3n) is 2.37. The van der Waals surface area contributed by atoms with Crippen LogP contribution in [-0.4, -0.2) is 22.9 Å². The highest BCUT2D eigenvalue weighted by molar-refractivity contribution is 5.37. The van der Waals surface area contributed by atoms with Crippen LogP contribution < -0.4 is 5.32 Å². The molecule has 2 unspecified atom stereocenters. The van der Waals surface area contributed by atoms with E-state index < -0.39 is 0 Å². The largest absolute Gasteiger partial charge is 0.508 e. The van der Waals surface area contributed by atoms with Crippen LogP contribution in [-0.2, 0) is 0 Å². The van der Waals surface area contributed by atoms with Gasteiger partial charge in [-0.2, -0.15) is 0 Å². The van der Waals surface area contributed by atoms with Crippen molar-refractivity contribution in [2.24, 2.45) is 0 Å². The fraction of sp³-hybridized carbons (Fsp3) is 0.500. The first-order valence-corrected chi connectivity index (χ1v) is 5.21. The van der Waals surface area contributed by atoms with Crippen molar-refractivity contribution in [2.45, 2.75) is 32.9 Å². The Morgan fingerprint density at radius 2 is 2.00 bits per heavy atom. The summed E-state index contributed by atoms with van der Waals surface area (Å²) in [5, 5.41) is 22.0. The molecule has 3 N–H and O–H groups in total. The average molecular weight is 209 g/mol. The summed E-state index contributed by atoms with van der Waals surface area (Å²) in [6, 6.07) is 5.57. The van der Waals surface area contributed by atoms with Crippen LogP contribution in [0.25, 0.3) is 0 Å². The van der Waals surface area contributed by atoms with E-state index in [0.29, 0.717) is 12.3 Å². The number of nitrogens with one attached hydrogen (secondary N) is 1. The maximum atomic E-state index is 9.67. The highest BCUT2D eigenvalue weighted by atomic mass is 16.3. The lowest BCUT2D eigenvalue weighted by Gasteiger charge is -2.17. The van der Waals surface area contributed by atoms with Crippen molar-refractivity contribution in [3.8, 4) is 5.75 Å². The molecule has 1 aromatic rings. The molecule has 0 heterocycles. The van der Waals surface area contributed by atoms with Crippen molar-refractivity contribution >= 4 is 0 Å². The number of rotatable bonds is 4. The maximum absolute atomic E-state index is 9.67. The molecule has 0 aliphatic rings. The standard InChI is InChI=1S/C12H19NO2/c1-8-4-5-12(15)11(6-8)10(3)13-7-9(2)14/h4-6,9-10,13-15H,7H2,1-3H3. The lowest BCUT2D eigenvalue weighted by molar-refractivity contribution is 0.187. The molecule has 3 heteroatoms. The summed E-state index contributed by atoms with van der Waals surface area (Å²) in [6.45, 7) is 6.21. The lowest BCUT2D eigenvalue weighted by Crippen LogP contribution is -2.27. The molecule has 0 amide bonds. The summed E-state index contributed by atoms with van der Waals surface area (Å²) in [7, 11) is 0. The number of aliphatic hydroxyl groups excluding tert-OH is 1. The molecule has 0 aromatic heterocycles. The quantitative estimate of drug-likeness (QED) is 0.708. The van der Waals surface area contributed by atoms with Crippen molar-refractivity contribution in [2.75, 3.05) is 6.54 Å². The van der Waals surface area contributed by atoms with Crippen molar-refractivity contribution in [1.82, 2.24) is 5.32 Å². The van der Waals surface area contributed by atoms with Crippen LogP contribution in [0.1, 0.15) is 31.0 Å². The van der Waals surface area contributed by atoms with Gasteiger partial charge >= 0.3 is 0 Å². The Hall–Kier alpha value is -1.06. The highest BCUT2D eigenvalue weighted by Crippen LogP contribution is 2.24. The SMILES string of the molecule is Cc1ccc(O)c(C(C)NCC(C)O)c1. The first-order valence-electron chi connectivity index (χ1n) is 5.21. The Morgan fingerprint density at radius 1 is 1.33 bits per heavy atom. The van der Waals surface area contributed by atoms with Gasteiger partial charge in [0.05, 0.1) is 6.10 Å². The molecule has 1 aromatic carbocycles. The van der Waals surface area contributed by atoms with Crippen LogP contribution in [0.4, 0.5) is 0 Å². The smallest absolute Gasteiger partial charge is 0.120 e. The van der Waals surface area contributed by atoms with Gasteiger partial charge in [-0.05, 0) is 26.8 Å². The fourth-order valence-corrected chi connectivity index (χ4v) is 1.48. The van der Waals surface area contributed by atoms with Crippen LogP contribution >= 0.6 is 0 Å². The third-order valence-corrected chi connectivity index (χ3v) is 2.37. The Morgan fingerprint density at radius 3 is 2.60 bits per heavy atom. The zero-order valence-electron chi connectivity index (χ0n) is 9.49. The molecule has 0 bridgehead atoms. The van der Waals surface area contributed by atoms with Gasteiger partial charge in [-0.15, -0.1) is 0 Å². The number of benzene rings is 1. The van der Waals surface area contributed by atoms with Gasteiger partial charge in [0.25, 0.3) is 0 Å². The predicted molar refractivity (Wildman–Crippen MR) is 60.9 cm³/mol. The Bertz CT molecular complexity index is 323. The van der Waals surface area contributed by atoms with Crippen LogP contribution in [0.15, 0.2) is 18.2 Å². The molecule has 0 aliphatic carbocycles. The van der Waals surface area contributed by atoms with Crippen LogP contribution in [0.2, 0.25) is 0 Å². The third kappa shape index (κ3) is 3.53. The normalized spacial score (nSPS) is 14.9. The van der Waals surface area contributed by atoms with Crippen LogP contribution in [0.3, 0.4) is 0 Å². The second-order valence-corrected chi connectivity index (χ2v) is 4.04. The lowest BCUT2D eigenvalue weighted by atomic mass is 10.0. The van der Waals surface area contributed by atoms with E-state index in [2.05, 4.69) is 5.32 Å². The van der Waals surface area contributed by atoms with Gasteiger partial charge < -0.3 is 15.5 Å². The monoisotopic (exact) mass is 209 g/mol. The van der Waals surface area contributed by atoms with Crippen molar-refractivity contribution in [3.63, 3.8) is 0 Å². The molecule has 1 rings (SSSR count). The first-order chi connectivity index (χ1) is 7.00. The Balaban J connectivity index is 2.72. The molecule has 0 saturated heterocycles. The minimum Gasteiger partial charge on any atom is -0.508 e. The molecule has 0 saturated carbocycles. The van der Waals surface area contributed by atoms with Crippen molar-refractivity contribution < 1.29 is 10.2 Å². The summed E-state index contributed by atoms with van der Waals surface area (Å²) in [5.41, 5.74) is 1.99. The second kappa shape index (κ2) is 5.14. The van der Waals surface area contributed by atoms with E-state index in [1.54, 1.807) is 13.0 Å². The first kappa shape index (κ1) is 12.0. The van der Waals surface area contributed by atoms with E-state index in [1.165, 1.54) is 0 Å². The second-order valence-electron chi connectivity index (χ2n) is 4.04. The summed E-state index contributed by atoms with van der Waals surface area (Å²) in [5.74, 6) is 0.297. The van der Waals surface area contributed by atoms with E-state index in [1.807, 2.05) is 26.0 Å². The van der Waals surface area contributed by atoms with E-state index in [0.717, 1.165) is 11.1 Å². The molecule has 0 radical (unpaired) electrons. The van der Waals surface area contributed by atoms with Gasteiger partial charge in [0, 0.05) is 18.2 Å². The molecular weight excluding hydrogens is 190 g/mol. The summed E-state index contributed by atoms with van der Waals surface area (Å²) >= 11 is 0. The number of hydrogen-bond acceptors (Lipinski definition) is 3. The number of phenolic OH excluding ortho intramolecular Hbond substituents is 1. The van der Waals surface area contributed by atoms with Gasteiger partial charge in [-0.3, -0.25) is 0 Å². The zero-order valence-corrected chi connectivity index (χ0v) is 9.49. The molecule has 0 fully saturated rings. The molecular formula is C12H19NO2. The molecule has 2 atom stereocenters. The predicted octanol–water partition coefficient (Wildman–Crippen LogP) is 1.73. The minimum atomic E-state index is -0.376. The van der Waals surface area contributed by atoms with Gasteiger partial charge in [-0.1, -0.05) is 17.7 Å². The summed E-state index contributed by atoms with van der Waals surface area (Å²) in [4.78, 5) is 0. The van der Waals surface area contributed by atoms with E-state index >= 15 is 0 Å². The van der Waals surface area contributed by atoms with Gasteiger partial charge in [0.1, 0.15) is 5.75 Å².